The monoisotopic (exact) mass is 331 g/mol. The van der Waals surface area contributed by atoms with Gasteiger partial charge in [-0.05, 0) is 35.9 Å². The number of hydrogen-bond donors (Lipinski definition) is 1. The summed E-state index contributed by atoms with van der Waals surface area (Å²) < 4.78 is 10.4. The topological polar surface area (TPSA) is 47.6 Å². The molecular weight excluding hydrogens is 314 g/mol. The highest BCUT2D eigenvalue weighted by molar-refractivity contribution is 6.30. The van der Waals surface area contributed by atoms with E-state index in [1.54, 1.807) is 38.5 Å². The van der Waals surface area contributed by atoms with Crippen molar-refractivity contribution in [2.75, 3.05) is 14.2 Å². The molecule has 23 heavy (non-hydrogen) atoms. The number of methoxy groups -OCH3 is 2. The summed E-state index contributed by atoms with van der Waals surface area (Å²) in [5.41, 5.74) is 1.79. The van der Waals surface area contributed by atoms with Crippen molar-refractivity contribution >= 4 is 23.6 Å². The van der Waals surface area contributed by atoms with Crippen molar-refractivity contribution in [1.82, 2.24) is 5.32 Å². The molecular formula is C18H18ClNO3. The second-order valence-electron chi connectivity index (χ2n) is 4.78. The highest BCUT2D eigenvalue weighted by atomic mass is 35.5. The van der Waals surface area contributed by atoms with Crippen molar-refractivity contribution in [2.45, 2.75) is 6.54 Å². The van der Waals surface area contributed by atoms with Crippen LogP contribution >= 0.6 is 11.6 Å². The van der Waals surface area contributed by atoms with Crippen LogP contribution in [0.5, 0.6) is 11.5 Å². The molecule has 0 saturated heterocycles. The fourth-order valence-corrected chi connectivity index (χ4v) is 2.11. The van der Waals surface area contributed by atoms with E-state index in [1.807, 2.05) is 24.3 Å². The Bertz CT molecular complexity index is 696. The van der Waals surface area contributed by atoms with Crippen LogP contribution in [0.2, 0.25) is 5.02 Å². The Morgan fingerprint density at radius 2 is 1.87 bits per heavy atom. The van der Waals surface area contributed by atoms with Crippen LogP contribution in [-0.2, 0) is 11.3 Å². The maximum Gasteiger partial charge on any atom is 0.244 e. The molecule has 0 heterocycles. The molecule has 0 fully saturated rings. The smallest absolute Gasteiger partial charge is 0.244 e. The van der Waals surface area contributed by atoms with Crippen LogP contribution in [0, 0.1) is 0 Å². The van der Waals surface area contributed by atoms with E-state index in [0.717, 1.165) is 11.1 Å². The molecule has 0 bridgehead atoms. The molecule has 0 aliphatic carbocycles. The van der Waals surface area contributed by atoms with Crippen molar-refractivity contribution < 1.29 is 14.3 Å². The van der Waals surface area contributed by atoms with Crippen LogP contribution in [0.4, 0.5) is 0 Å². The van der Waals surface area contributed by atoms with Gasteiger partial charge in [0.25, 0.3) is 0 Å². The highest BCUT2D eigenvalue weighted by Gasteiger charge is 2.06. The van der Waals surface area contributed by atoms with Crippen molar-refractivity contribution in [1.29, 1.82) is 0 Å². The number of carbonyl (C=O) groups is 1. The third-order valence-electron chi connectivity index (χ3n) is 3.24. The van der Waals surface area contributed by atoms with E-state index in [9.17, 15) is 4.79 Å². The lowest BCUT2D eigenvalue weighted by molar-refractivity contribution is -0.116. The number of halogens is 1. The molecule has 0 spiro atoms. The van der Waals surface area contributed by atoms with E-state index >= 15 is 0 Å². The first-order valence-corrected chi connectivity index (χ1v) is 7.42. The zero-order valence-electron chi connectivity index (χ0n) is 13.0. The molecule has 0 aromatic heterocycles. The van der Waals surface area contributed by atoms with E-state index in [0.29, 0.717) is 23.1 Å². The third kappa shape index (κ3) is 5.04. The van der Waals surface area contributed by atoms with Gasteiger partial charge in [-0.2, -0.15) is 0 Å². The molecule has 2 aromatic carbocycles. The van der Waals surface area contributed by atoms with Crippen molar-refractivity contribution in [2.24, 2.45) is 0 Å². The van der Waals surface area contributed by atoms with Gasteiger partial charge in [0.15, 0.2) is 0 Å². The summed E-state index contributed by atoms with van der Waals surface area (Å²) >= 11 is 5.82. The van der Waals surface area contributed by atoms with E-state index < -0.39 is 0 Å². The summed E-state index contributed by atoms with van der Waals surface area (Å²) in [7, 11) is 3.18. The van der Waals surface area contributed by atoms with Gasteiger partial charge >= 0.3 is 0 Å². The van der Waals surface area contributed by atoms with Gasteiger partial charge in [-0.3, -0.25) is 4.79 Å². The third-order valence-corrected chi connectivity index (χ3v) is 3.50. The van der Waals surface area contributed by atoms with Crippen LogP contribution in [0.15, 0.2) is 48.5 Å². The lowest BCUT2D eigenvalue weighted by Crippen LogP contribution is -2.20. The Morgan fingerprint density at radius 3 is 2.52 bits per heavy atom. The summed E-state index contributed by atoms with van der Waals surface area (Å²) in [4.78, 5) is 11.9. The van der Waals surface area contributed by atoms with Gasteiger partial charge in [-0.1, -0.05) is 23.7 Å². The Hall–Kier alpha value is -2.46. The summed E-state index contributed by atoms with van der Waals surface area (Å²) in [6, 6.07) is 12.7. The van der Waals surface area contributed by atoms with E-state index in [2.05, 4.69) is 5.32 Å². The highest BCUT2D eigenvalue weighted by Crippen LogP contribution is 2.24. The number of ether oxygens (including phenoxy) is 2. The largest absolute Gasteiger partial charge is 0.497 e. The lowest BCUT2D eigenvalue weighted by Gasteiger charge is -2.10. The maximum atomic E-state index is 11.9. The van der Waals surface area contributed by atoms with Crippen LogP contribution in [-0.4, -0.2) is 20.1 Å². The lowest BCUT2D eigenvalue weighted by atomic mass is 10.2. The number of amides is 1. The minimum atomic E-state index is -0.183. The zero-order chi connectivity index (χ0) is 16.7. The Labute approximate surface area is 140 Å². The van der Waals surface area contributed by atoms with Gasteiger partial charge in [-0.25, -0.2) is 0 Å². The first-order chi connectivity index (χ1) is 11.1. The molecule has 2 aromatic rings. The second kappa shape index (κ2) is 8.25. The Morgan fingerprint density at radius 1 is 1.13 bits per heavy atom. The molecule has 1 N–H and O–H groups in total. The average Bonchev–Trinajstić information content (AvgIpc) is 2.59. The zero-order valence-corrected chi connectivity index (χ0v) is 13.8. The predicted octanol–water partition coefficient (Wildman–Crippen LogP) is 3.69. The Balaban J connectivity index is 1.95. The fourth-order valence-electron chi connectivity index (χ4n) is 1.98. The van der Waals surface area contributed by atoms with Crippen LogP contribution < -0.4 is 14.8 Å². The predicted molar refractivity (Wildman–Crippen MR) is 91.9 cm³/mol. The molecule has 0 saturated carbocycles. The Kier molecular flexibility index (Phi) is 6.06. The van der Waals surface area contributed by atoms with Gasteiger partial charge in [0.2, 0.25) is 5.91 Å². The molecule has 1 amide bonds. The molecule has 0 unspecified atom stereocenters. The molecule has 0 radical (unpaired) electrons. The van der Waals surface area contributed by atoms with Crippen molar-refractivity contribution in [3.63, 3.8) is 0 Å². The second-order valence-corrected chi connectivity index (χ2v) is 5.22. The van der Waals surface area contributed by atoms with Crippen molar-refractivity contribution in [3.05, 3.63) is 64.7 Å². The normalized spacial score (nSPS) is 10.6. The molecule has 0 aliphatic heterocycles. The summed E-state index contributed by atoms with van der Waals surface area (Å²) in [6.45, 7) is 0.372. The standard InChI is InChI=1S/C18H18ClNO3/c1-22-16-9-6-14(17(11-16)23-2)12-20-18(21)10-5-13-3-7-15(19)8-4-13/h3-11H,12H2,1-2H3,(H,20,21)/b10-5+. The number of benzene rings is 2. The van der Waals surface area contributed by atoms with Gasteiger partial charge in [0.1, 0.15) is 11.5 Å². The van der Waals surface area contributed by atoms with Gasteiger partial charge in [0.05, 0.1) is 14.2 Å². The van der Waals surface area contributed by atoms with Gasteiger partial charge in [-0.15, -0.1) is 0 Å². The van der Waals surface area contributed by atoms with Crippen LogP contribution in [0.3, 0.4) is 0 Å². The SMILES string of the molecule is COc1ccc(CNC(=O)/C=C/c2ccc(Cl)cc2)c(OC)c1. The van der Waals surface area contributed by atoms with E-state index in [-0.39, 0.29) is 5.91 Å². The summed E-state index contributed by atoms with van der Waals surface area (Å²) in [5, 5.41) is 3.49. The van der Waals surface area contributed by atoms with Gasteiger partial charge < -0.3 is 14.8 Å². The number of rotatable bonds is 6. The molecule has 2 rings (SSSR count). The summed E-state index contributed by atoms with van der Waals surface area (Å²) in [5.74, 6) is 1.20. The molecule has 5 heteroatoms. The van der Waals surface area contributed by atoms with E-state index in [4.69, 9.17) is 21.1 Å². The molecule has 120 valence electrons. The number of nitrogens with one attached hydrogen (secondary N) is 1. The van der Waals surface area contributed by atoms with E-state index in [1.165, 1.54) is 6.08 Å². The van der Waals surface area contributed by atoms with Crippen LogP contribution in [0.1, 0.15) is 11.1 Å². The fraction of sp³-hybridized carbons (Fsp3) is 0.167. The molecule has 4 nitrogen and oxygen atoms in total. The minimum Gasteiger partial charge on any atom is -0.497 e. The van der Waals surface area contributed by atoms with Gasteiger partial charge in [0, 0.05) is 29.3 Å². The first-order valence-electron chi connectivity index (χ1n) is 7.05. The number of carbonyl (C=O) groups excluding carboxylic acids is 1. The maximum absolute atomic E-state index is 11.9. The quantitative estimate of drug-likeness (QED) is 0.821. The first kappa shape index (κ1) is 16.9. The molecule has 0 atom stereocenters. The average molecular weight is 332 g/mol. The molecule has 0 aliphatic rings. The minimum absolute atomic E-state index is 0.183. The van der Waals surface area contributed by atoms with Crippen molar-refractivity contribution in [3.8, 4) is 11.5 Å². The summed E-state index contributed by atoms with van der Waals surface area (Å²) in [6.07, 6.45) is 3.22. The van der Waals surface area contributed by atoms with Crippen LogP contribution in [0.25, 0.3) is 6.08 Å². The number of hydrogen-bond acceptors (Lipinski definition) is 3.